The van der Waals surface area contributed by atoms with Crippen LogP contribution in [0.1, 0.15) is 11.1 Å². The van der Waals surface area contributed by atoms with Crippen LogP contribution in [0.2, 0.25) is 0 Å². The highest BCUT2D eigenvalue weighted by atomic mass is 16.6. The van der Waals surface area contributed by atoms with Crippen molar-refractivity contribution >= 4 is 11.8 Å². The third kappa shape index (κ3) is 3.96. The van der Waals surface area contributed by atoms with E-state index in [1.807, 2.05) is 61.5 Å². The fourth-order valence-electron chi connectivity index (χ4n) is 2.06. The zero-order valence-corrected chi connectivity index (χ0v) is 12.2. The Hall–Kier alpha value is -2.55. The van der Waals surface area contributed by atoms with Crippen molar-refractivity contribution in [3.8, 4) is 0 Å². The van der Waals surface area contributed by atoms with Gasteiger partial charge in [0.2, 0.25) is 0 Å². The van der Waals surface area contributed by atoms with Gasteiger partial charge in [-0.1, -0.05) is 54.6 Å². The van der Waals surface area contributed by atoms with E-state index in [1.165, 1.54) is 0 Å². The highest BCUT2D eigenvalue weighted by molar-refractivity contribution is 5.88. The molecule has 0 spiro atoms. The lowest BCUT2D eigenvalue weighted by molar-refractivity contribution is 0.147. The van der Waals surface area contributed by atoms with E-state index in [-0.39, 0.29) is 12.7 Å². The van der Waals surface area contributed by atoms with E-state index < -0.39 is 0 Å². The van der Waals surface area contributed by atoms with Gasteiger partial charge in [-0.15, -0.1) is 6.58 Å². The number of para-hydroxylation sites is 1. The number of nitrogens with zero attached hydrogens (tertiary/aromatic N) is 1. The molecule has 0 bridgehead atoms. The molecule has 0 aliphatic rings. The van der Waals surface area contributed by atoms with E-state index in [4.69, 9.17) is 4.74 Å². The maximum absolute atomic E-state index is 12.3. The average Bonchev–Trinajstić information content (AvgIpc) is 2.52. The quantitative estimate of drug-likeness (QED) is 0.764. The van der Waals surface area contributed by atoms with Crippen molar-refractivity contribution in [2.24, 2.45) is 0 Å². The summed E-state index contributed by atoms with van der Waals surface area (Å²) < 4.78 is 5.39. The van der Waals surface area contributed by atoms with Gasteiger partial charge in [-0.3, -0.25) is 4.90 Å². The first-order valence-corrected chi connectivity index (χ1v) is 6.87. The lowest BCUT2D eigenvalue weighted by Crippen LogP contribution is -2.32. The topological polar surface area (TPSA) is 29.5 Å². The number of aryl methyl sites for hydroxylation is 1. The number of amides is 1. The van der Waals surface area contributed by atoms with Crippen molar-refractivity contribution in [3.63, 3.8) is 0 Å². The van der Waals surface area contributed by atoms with E-state index in [0.717, 1.165) is 16.8 Å². The van der Waals surface area contributed by atoms with Crippen molar-refractivity contribution in [1.29, 1.82) is 0 Å². The number of carbonyl (C=O) groups is 1. The Labute approximate surface area is 125 Å². The third-order valence-corrected chi connectivity index (χ3v) is 3.14. The average molecular weight is 281 g/mol. The van der Waals surface area contributed by atoms with Gasteiger partial charge in [0, 0.05) is 6.54 Å². The van der Waals surface area contributed by atoms with Crippen molar-refractivity contribution in [3.05, 3.63) is 78.4 Å². The van der Waals surface area contributed by atoms with Crippen LogP contribution in [0.15, 0.2) is 67.3 Å². The number of carbonyl (C=O) groups excluding carboxylic acids is 1. The molecule has 0 fully saturated rings. The summed E-state index contributed by atoms with van der Waals surface area (Å²) in [7, 11) is 0. The summed E-state index contributed by atoms with van der Waals surface area (Å²) in [4.78, 5) is 13.9. The van der Waals surface area contributed by atoms with E-state index in [1.54, 1.807) is 11.0 Å². The molecular formula is C18H19NO2. The highest BCUT2D eigenvalue weighted by Crippen LogP contribution is 2.20. The lowest BCUT2D eigenvalue weighted by atomic mass is 10.2. The number of benzene rings is 2. The minimum atomic E-state index is -0.368. The second-order valence-corrected chi connectivity index (χ2v) is 4.73. The summed E-state index contributed by atoms with van der Waals surface area (Å²) in [5.74, 6) is 0. The summed E-state index contributed by atoms with van der Waals surface area (Å²) in [6.07, 6.45) is 1.32. The van der Waals surface area contributed by atoms with Gasteiger partial charge in [0.05, 0.1) is 5.69 Å². The molecule has 21 heavy (non-hydrogen) atoms. The van der Waals surface area contributed by atoms with Gasteiger partial charge >= 0.3 is 6.09 Å². The fourth-order valence-corrected chi connectivity index (χ4v) is 2.06. The second kappa shape index (κ2) is 7.29. The summed E-state index contributed by atoms with van der Waals surface area (Å²) in [6.45, 7) is 6.35. The highest BCUT2D eigenvalue weighted by Gasteiger charge is 2.17. The van der Waals surface area contributed by atoms with Gasteiger partial charge in [0.15, 0.2) is 0 Å². The fraction of sp³-hybridized carbons (Fsp3) is 0.167. The molecule has 108 valence electrons. The summed E-state index contributed by atoms with van der Waals surface area (Å²) in [6, 6.07) is 17.4. The zero-order chi connectivity index (χ0) is 15.1. The Balaban J connectivity index is 2.09. The predicted octanol–water partition coefficient (Wildman–Crippen LogP) is 4.32. The minimum Gasteiger partial charge on any atom is -0.444 e. The normalized spacial score (nSPS) is 9.95. The second-order valence-electron chi connectivity index (χ2n) is 4.73. The maximum atomic E-state index is 12.3. The van der Waals surface area contributed by atoms with Crippen molar-refractivity contribution in [1.82, 2.24) is 0 Å². The van der Waals surface area contributed by atoms with Gasteiger partial charge in [-0.05, 0) is 24.1 Å². The van der Waals surface area contributed by atoms with Crippen molar-refractivity contribution in [2.45, 2.75) is 13.5 Å². The van der Waals surface area contributed by atoms with Crippen LogP contribution in [0.5, 0.6) is 0 Å². The summed E-state index contributed by atoms with van der Waals surface area (Å²) >= 11 is 0. The number of anilines is 1. The first kappa shape index (κ1) is 14.9. The van der Waals surface area contributed by atoms with Crippen LogP contribution in [0.3, 0.4) is 0 Å². The molecule has 0 N–H and O–H groups in total. The van der Waals surface area contributed by atoms with Crippen LogP contribution in [0.4, 0.5) is 10.5 Å². The smallest absolute Gasteiger partial charge is 0.414 e. The number of hydrogen-bond donors (Lipinski definition) is 0. The molecule has 0 radical (unpaired) electrons. The molecule has 0 saturated heterocycles. The molecule has 0 aliphatic heterocycles. The molecule has 1 amide bonds. The zero-order valence-electron chi connectivity index (χ0n) is 12.2. The maximum Gasteiger partial charge on any atom is 0.414 e. The molecule has 2 aromatic rings. The molecule has 3 heteroatoms. The third-order valence-electron chi connectivity index (χ3n) is 3.14. The Kier molecular flexibility index (Phi) is 5.16. The van der Waals surface area contributed by atoms with E-state index >= 15 is 0 Å². The Morgan fingerprint density at radius 1 is 1.14 bits per heavy atom. The van der Waals surface area contributed by atoms with Gasteiger partial charge in [0.1, 0.15) is 6.61 Å². The van der Waals surface area contributed by atoms with Gasteiger partial charge < -0.3 is 4.74 Å². The van der Waals surface area contributed by atoms with E-state index in [9.17, 15) is 4.79 Å². The van der Waals surface area contributed by atoms with Gasteiger partial charge in [-0.2, -0.15) is 0 Å². The standard InChI is InChI=1S/C18H19NO2/c1-3-13-19(17-12-8-7-9-15(17)2)18(20)21-14-16-10-5-4-6-11-16/h3-12H,1,13-14H2,2H3. The molecule has 3 nitrogen and oxygen atoms in total. The number of hydrogen-bond acceptors (Lipinski definition) is 2. The molecule has 0 atom stereocenters. The molecule has 0 saturated carbocycles. The van der Waals surface area contributed by atoms with Crippen molar-refractivity contribution in [2.75, 3.05) is 11.4 Å². The van der Waals surface area contributed by atoms with Crippen molar-refractivity contribution < 1.29 is 9.53 Å². The van der Waals surface area contributed by atoms with Crippen LogP contribution in [0.25, 0.3) is 0 Å². The first-order chi connectivity index (χ1) is 10.2. The van der Waals surface area contributed by atoms with Crippen LogP contribution in [-0.2, 0) is 11.3 Å². The largest absolute Gasteiger partial charge is 0.444 e. The van der Waals surface area contributed by atoms with E-state index in [0.29, 0.717) is 6.54 Å². The summed E-state index contributed by atoms with van der Waals surface area (Å²) in [5, 5.41) is 0. The SMILES string of the molecule is C=CCN(C(=O)OCc1ccccc1)c1ccccc1C. The van der Waals surface area contributed by atoms with Crippen LogP contribution >= 0.6 is 0 Å². The molecule has 0 heterocycles. The van der Waals surface area contributed by atoms with Crippen LogP contribution in [-0.4, -0.2) is 12.6 Å². The summed E-state index contributed by atoms with van der Waals surface area (Å²) in [5.41, 5.74) is 2.83. The lowest BCUT2D eigenvalue weighted by Gasteiger charge is -2.22. The molecule has 0 aliphatic carbocycles. The monoisotopic (exact) mass is 281 g/mol. The molecule has 0 unspecified atom stereocenters. The molecule has 0 aromatic heterocycles. The Morgan fingerprint density at radius 2 is 1.81 bits per heavy atom. The molecule has 2 aromatic carbocycles. The van der Waals surface area contributed by atoms with Crippen LogP contribution < -0.4 is 4.90 Å². The Morgan fingerprint density at radius 3 is 2.48 bits per heavy atom. The minimum absolute atomic E-state index is 0.263. The number of rotatable bonds is 5. The van der Waals surface area contributed by atoms with Crippen LogP contribution in [0, 0.1) is 6.92 Å². The first-order valence-electron chi connectivity index (χ1n) is 6.87. The predicted molar refractivity (Wildman–Crippen MR) is 85.3 cm³/mol. The molecular weight excluding hydrogens is 262 g/mol. The van der Waals surface area contributed by atoms with Gasteiger partial charge in [0.25, 0.3) is 0 Å². The van der Waals surface area contributed by atoms with E-state index in [2.05, 4.69) is 6.58 Å². The van der Waals surface area contributed by atoms with Gasteiger partial charge in [-0.25, -0.2) is 4.79 Å². The number of ether oxygens (including phenoxy) is 1. The Bertz CT molecular complexity index is 608. The molecule has 2 rings (SSSR count).